The lowest BCUT2D eigenvalue weighted by Gasteiger charge is -2.18. The van der Waals surface area contributed by atoms with Crippen LogP contribution in [0.5, 0.6) is 0 Å². The topological polar surface area (TPSA) is 70.5 Å². The second-order valence-corrected chi connectivity index (χ2v) is 7.88. The first kappa shape index (κ1) is 21.3. The van der Waals surface area contributed by atoms with Crippen molar-refractivity contribution in [3.63, 3.8) is 0 Å². The van der Waals surface area contributed by atoms with E-state index in [1.807, 2.05) is 20.0 Å². The predicted molar refractivity (Wildman–Crippen MR) is 113 cm³/mol. The first-order valence-corrected chi connectivity index (χ1v) is 10.1. The van der Waals surface area contributed by atoms with E-state index in [0.717, 1.165) is 4.90 Å². The van der Waals surface area contributed by atoms with Crippen LogP contribution in [0.1, 0.15) is 24.9 Å². The van der Waals surface area contributed by atoms with Crippen LogP contribution < -0.4 is 5.32 Å². The molecule has 0 unspecified atom stereocenters. The molecular weight excluding hydrogens is 465 g/mol. The van der Waals surface area contributed by atoms with Crippen molar-refractivity contribution in [2.75, 3.05) is 18.9 Å². The minimum Gasteiger partial charge on any atom is -0.378 e. The molecule has 1 fully saturated rings. The number of carbonyl (C=O) groups is 2. The summed E-state index contributed by atoms with van der Waals surface area (Å²) in [5, 5.41) is 3.07. The lowest BCUT2D eigenvalue weighted by Crippen LogP contribution is -2.29. The van der Waals surface area contributed by atoms with Crippen LogP contribution in [0.25, 0.3) is 5.70 Å². The van der Waals surface area contributed by atoms with Crippen molar-refractivity contribution in [3.05, 3.63) is 51.2 Å². The molecule has 3 amide bonds. The Morgan fingerprint density at radius 2 is 2.10 bits per heavy atom. The fraction of sp³-hybridized carbons (Fsp3) is 0.316. The number of carbonyl (C=O) groups excluding carboxylic acids is 2. The molecule has 2 heterocycles. The number of imide groups is 1. The summed E-state index contributed by atoms with van der Waals surface area (Å²) in [6, 6.07) is 2.59. The smallest absolute Gasteiger partial charge is 0.331 e. The van der Waals surface area contributed by atoms with Crippen LogP contribution in [-0.4, -0.2) is 44.9 Å². The van der Waals surface area contributed by atoms with E-state index < -0.39 is 5.82 Å². The second kappa shape index (κ2) is 8.54. The third-order valence-corrected chi connectivity index (χ3v) is 5.32. The summed E-state index contributed by atoms with van der Waals surface area (Å²) in [5.41, 5.74) is 1.69. The van der Waals surface area contributed by atoms with Gasteiger partial charge in [0.05, 0.1) is 28.6 Å². The van der Waals surface area contributed by atoms with E-state index in [4.69, 9.17) is 11.6 Å². The maximum Gasteiger partial charge on any atom is 0.331 e. The van der Waals surface area contributed by atoms with Crippen molar-refractivity contribution in [1.29, 1.82) is 0 Å². The Morgan fingerprint density at radius 3 is 2.72 bits per heavy atom. The van der Waals surface area contributed by atoms with Crippen molar-refractivity contribution in [2.45, 2.75) is 19.9 Å². The zero-order valence-corrected chi connectivity index (χ0v) is 18.5. The van der Waals surface area contributed by atoms with E-state index in [9.17, 15) is 14.0 Å². The highest BCUT2D eigenvalue weighted by atomic mass is 79.9. The minimum atomic E-state index is -0.528. The van der Waals surface area contributed by atoms with Gasteiger partial charge < -0.3 is 9.88 Å². The fourth-order valence-corrected chi connectivity index (χ4v) is 3.63. The number of nitrogens with one attached hydrogen (secondary N) is 1. The number of anilines is 1. The number of aryl methyl sites for hydroxylation is 1. The standard InChI is InChI=1S/C19H20BrClFN5O2/c1-4-5-15(27-10-16(28)26(3)19(27)29)18-24-12(9-25(18)2)8-23-14-7-11(20)6-13(22)17(14)21/h5-7,9,23H,4,8,10H2,1-3H3/b15-5+. The lowest BCUT2D eigenvalue weighted by molar-refractivity contribution is -0.124. The molecule has 7 nitrogen and oxygen atoms in total. The second-order valence-electron chi connectivity index (χ2n) is 6.59. The Labute approximate surface area is 181 Å². The molecule has 0 spiro atoms. The monoisotopic (exact) mass is 483 g/mol. The first-order chi connectivity index (χ1) is 13.7. The van der Waals surface area contributed by atoms with Gasteiger partial charge in [0.25, 0.3) is 0 Å². The minimum absolute atomic E-state index is 0.000125. The molecule has 2 aromatic rings. The number of likely N-dealkylation sites (N-methyl/N-ethyl adjacent to an activating group) is 1. The molecular formula is C19H20BrClFN5O2. The number of amides is 3. The van der Waals surface area contributed by atoms with Gasteiger partial charge in [0.15, 0.2) is 5.82 Å². The van der Waals surface area contributed by atoms with Gasteiger partial charge >= 0.3 is 6.03 Å². The van der Waals surface area contributed by atoms with E-state index in [1.54, 1.807) is 16.8 Å². The number of halogens is 3. The van der Waals surface area contributed by atoms with E-state index in [0.29, 0.717) is 40.3 Å². The van der Waals surface area contributed by atoms with Gasteiger partial charge in [-0.25, -0.2) is 14.2 Å². The Balaban J connectivity index is 1.85. The van der Waals surface area contributed by atoms with Crippen LogP contribution in [-0.2, 0) is 18.4 Å². The molecule has 1 N–H and O–H groups in total. The number of rotatable bonds is 6. The molecule has 3 rings (SSSR count). The van der Waals surface area contributed by atoms with Crippen molar-refractivity contribution in [2.24, 2.45) is 7.05 Å². The summed E-state index contributed by atoms with van der Waals surface area (Å²) in [6.45, 7) is 2.23. The molecule has 0 radical (unpaired) electrons. The van der Waals surface area contributed by atoms with Crippen molar-refractivity contribution in [1.82, 2.24) is 19.4 Å². The van der Waals surface area contributed by atoms with Gasteiger partial charge in [0.1, 0.15) is 12.4 Å². The summed E-state index contributed by atoms with van der Waals surface area (Å²) in [6.07, 6.45) is 4.34. The lowest BCUT2D eigenvalue weighted by atomic mass is 10.3. The van der Waals surface area contributed by atoms with Gasteiger partial charge in [-0.2, -0.15) is 0 Å². The summed E-state index contributed by atoms with van der Waals surface area (Å²) < 4.78 is 16.2. The molecule has 1 aliphatic heterocycles. The largest absolute Gasteiger partial charge is 0.378 e. The van der Waals surface area contributed by atoms with Gasteiger partial charge in [-0.3, -0.25) is 14.6 Å². The zero-order chi connectivity index (χ0) is 21.3. The van der Waals surface area contributed by atoms with Gasteiger partial charge in [0, 0.05) is 24.8 Å². The Morgan fingerprint density at radius 1 is 1.38 bits per heavy atom. The van der Waals surface area contributed by atoms with Crippen molar-refractivity contribution >= 4 is 50.9 Å². The molecule has 29 heavy (non-hydrogen) atoms. The Bertz CT molecular complexity index is 1010. The number of urea groups is 1. The van der Waals surface area contributed by atoms with Crippen LogP contribution in [0.3, 0.4) is 0 Å². The maximum absolute atomic E-state index is 13.8. The highest BCUT2D eigenvalue weighted by molar-refractivity contribution is 9.10. The summed E-state index contributed by atoms with van der Waals surface area (Å²) >= 11 is 9.26. The number of aromatic nitrogens is 2. The van der Waals surface area contributed by atoms with Crippen LogP contribution >= 0.6 is 27.5 Å². The number of allylic oxidation sites excluding steroid dienone is 1. The average Bonchev–Trinajstić information content (AvgIpc) is 3.16. The molecule has 0 saturated carbocycles. The molecule has 0 bridgehead atoms. The number of benzene rings is 1. The quantitative estimate of drug-likeness (QED) is 0.492. The summed E-state index contributed by atoms with van der Waals surface area (Å²) in [7, 11) is 3.27. The first-order valence-electron chi connectivity index (χ1n) is 8.92. The zero-order valence-electron chi connectivity index (χ0n) is 16.2. The molecule has 154 valence electrons. The highest BCUT2D eigenvalue weighted by Gasteiger charge is 2.36. The van der Waals surface area contributed by atoms with E-state index in [1.165, 1.54) is 18.0 Å². The van der Waals surface area contributed by atoms with E-state index >= 15 is 0 Å². The van der Waals surface area contributed by atoms with Crippen LogP contribution in [0.2, 0.25) is 5.02 Å². The number of hydrogen-bond donors (Lipinski definition) is 1. The normalized spacial score (nSPS) is 14.9. The molecule has 1 saturated heterocycles. The number of nitrogens with zero attached hydrogens (tertiary/aromatic N) is 4. The number of hydrogen-bond acceptors (Lipinski definition) is 4. The van der Waals surface area contributed by atoms with E-state index in [-0.39, 0.29) is 23.5 Å². The Hall–Kier alpha value is -2.39. The van der Waals surface area contributed by atoms with Gasteiger partial charge in [-0.05, 0) is 18.6 Å². The molecule has 1 aromatic carbocycles. The van der Waals surface area contributed by atoms with Crippen molar-refractivity contribution < 1.29 is 14.0 Å². The molecule has 0 atom stereocenters. The van der Waals surface area contributed by atoms with Crippen molar-refractivity contribution in [3.8, 4) is 0 Å². The Kier molecular flexibility index (Phi) is 6.28. The SMILES string of the molecule is CC/C=C(\c1nc(CNc2cc(Br)cc(F)c2Cl)cn1C)N1CC(=O)N(C)C1=O. The third-order valence-electron chi connectivity index (χ3n) is 4.48. The molecule has 0 aliphatic carbocycles. The predicted octanol–water partition coefficient (Wildman–Crippen LogP) is 4.23. The van der Waals surface area contributed by atoms with Gasteiger partial charge in [-0.15, -0.1) is 0 Å². The summed E-state index contributed by atoms with van der Waals surface area (Å²) in [4.78, 5) is 31.5. The number of imidazole rings is 1. The highest BCUT2D eigenvalue weighted by Crippen LogP contribution is 2.30. The fourth-order valence-electron chi connectivity index (χ4n) is 3.02. The van der Waals surface area contributed by atoms with E-state index in [2.05, 4.69) is 26.2 Å². The van der Waals surface area contributed by atoms with Crippen LogP contribution in [0.4, 0.5) is 14.9 Å². The van der Waals surface area contributed by atoms with Gasteiger partial charge in [-0.1, -0.05) is 40.5 Å². The van der Waals surface area contributed by atoms with Gasteiger partial charge in [0.2, 0.25) is 5.91 Å². The third kappa shape index (κ3) is 4.30. The molecule has 1 aliphatic rings. The van der Waals surface area contributed by atoms with Crippen LogP contribution in [0.15, 0.2) is 28.9 Å². The summed E-state index contributed by atoms with van der Waals surface area (Å²) in [5.74, 6) is -0.231. The van der Waals surface area contributed by atoms with Crippen LogP contribution in [0, 0.1) is 5.82 Å². The maximum atomic E-state index is 13.8. The average molecular weight is 485 g/mol. The molecule has 1 aromatic heterocycles. The molecule has 10 heteroatoms.